The minimum Gasteiger partial charge on any atom is -0.306 e. The summed E-state index contributed by atoms with van der Waals surface area (Å²) < 4.78 is 0. The van der Waals surface area contributed by atoms with Crippen LogP contribution in [0.2, 0.25) is 0 Å². The Morgan fingerprint density at radius 3 is 3.12 bits per heavy atom. The molecule has 2 nitrogen and oxygen atoms in total. The third-order valence-corrected chi connectivity index (χ3v) is 5.12. The minimum atomic E-state index is 0.525. The normalized spacial score (nSPS) is 35.2. The fraction of sp³-hybridized carbons (Fsp3) is 0.692. The molecule has 0 spiro atoms. The van der Waals surface area contributed by atoms with Gasteiger partial charge in [-0.15, -0.1) is 11.3 Å². The maximum Gasteiger partial charge on any atom is 0.0388 e. The van der Waals surface area contributed by atoms with Gasteiger partial charge in [-0.1, -0.05) is 6.07 Å². The van der Waals surface area contributed by atoms with Gasteiger partial charge in [0.1, 0.15) is 0 Å². The molecule has 3 heteroatoms. The van der Waals surface area contributed by atoms with Gasteiger partial charge in [-0.05, 0) is 50.2 Å². The van der Waals surface area contributed by atoms with Gasteiger partial charge in [0.2, 0.25) is 0 Å². The summed E-state index contributed by atoms with van der Waals surface area (Å²) in [6.07, 6.45) is 2.73. The number of piperidine rings is 1. The van der Waals surface area contributed by atoms with Crippen LogP contribution in [-0.4, -0.2) is 30.6 Å². The maximum absolute atomic E-state index is 3.83. The van der Waals surface area contributed by atoms with Crippen LogP contribution in [0.15, 0.2) is 17.5 Å². The van der Waals surface area contributed by atoms with Crippen LogP contribution in [-0.2, 0) is 0 Å². The predicted octanol–water partition coefficient (Wildman–Crippen LogP) is 2.49. The van der Waals surface area contributed by atoms with Crippen molar-refractivity contribution in [3.8, 4) is 0 Å². The number of hydrogen-bond donors (Lipinski definition) is 1. The van der Waals surface area contributed by atoms with E-state index in [1.807, 2.05) is 11.3 Å². The van der Waals surface area contributed by atoms with Crippen molar-refractivity contribution in [3.05, 3.63) is 22.4 Å². The maximum atomic E-state index is 3.83. The van der Waals surface area contributed by atoms with Crippen LogP contribution in [0.25, 0.3) is 0 Å². The third kappa shape index (κ3) is 2.04. The highest BCUT2D eigenvalue weighted by molar-refractivity contribution is 7.10. The van der Waals surface area contributed by atoms with Crippen LogP contribution in [0.5, 0.6) is 0 Å². The number of thiophene rings is 1. The molecule has 4 atom stereocenters. The van der Waals surface area contributed by atoms with E-state index in [4.69, 9.17) is 0 Å². The molecule has 2 bridgehead atoms. The second kappa shape index (κ2) is 4.47. The first kappa shape index (κ1) is 10.8. The predicted molar refractivity (Wildman–Crippen MR) is 68.8 cm³/mol. The highest BCUT2D eigenvalue weighted by Gasteiger charge is 2.34. The molecule has 0 aliphatic carbocycles. The monoisotopic (exact) mass is 236 g/mol. The van der Waals surface area contributed by atoms with Crippen LogP contribution in [0.1, 0.15) is 30.7 Å². The van der Waals surface area contributed by atoms with Gasteiger partial charge in [0.25, 0.3) is 0 Å². The summed E-state index contributed by atoms with van der Waals surface area (Å²) >= 11 is 1.87. The van der Waals surface area contributed by atoms with E-state index in [-0.39, 0.29) is 0 Å². The molecule has 0 amide bonds. The Bertz CT molecular complexity index is 336. The molecule has 2 aliphatic heterocycles. The summed E-state index contributed by atoms with van der Waals surface area (Å²) in [6, 6.07) is 5.66. The average molecular weight is 236 g/mol. The van der Waals surface area contributed by atoms with Crippen molar-refractivity contribution in [1.29, 1.82) is 0 Å². The van der Waals surface area contributed by atoms with Crippen molar-refractivity contribution in [2.24, 2.45) is 5.92 Å². The second-order valence-corrected chi connectivity index (χ2v) is 6.13. The Hall–Kier alpha value is -0.380. The molecule has 0 radical (unpaired) electrons. The zero-order chi connectivity index (χ0) is 11.0. The van der Waals surface area contributed by atoms with Crippen LogP contribution < -0.4 is 5.32 Å². The van der Waals surface area contributed by atoms with E-state index in [9.17, 15) is 0 Å². The molecule has 1 aromatic rings. The Labute approximate surface area is 102 Å². The standard InChI is InChI=1S/C13H20N2S/c1-10(13-3-2-8-16-13)14-12-5-7-15-6-4-11(12)9-15/h2-3,8,10-12,14H,4-7,9H2,1H3/t10-,11?,12?/m1/s1. The molecule has 3 rings (SSSR count). The highest BCUT2D eigenvalue weighted by Crippen LogP contribution is 2.29. The summed E-state index contributed by atoms with van der Waals surface area (Å²) in [7, 11) is 0. The zero-order valence-electron chi connectivity index (χ0n) is 9.86. The molecule has 16 heavy (non-hydrogen) atoms. The Balaban J connectivity index is 1.62. The molecule has 1 N–H and O–H groups in total. The summed E-state index contributed by atoms with van der Waals surface area (Å²) in [5.74, 6) is 0.899. The van der Waals surface area contributed by atoms with Crippen LogP contribution >= 0.6 is 11.3 Å². The molecule has 2 fully saturated rings. The lowest BCUT2D eigenvalue weighted by molar-refractivity contribution is 0.212. The molecule has 1 aromatic heterocycles. The summed E-state index contributed by atoms with van der Waals surface area (Å²) in [5.41, 5.74) is 0. The van der Waals surface area contributed by atoms with Crippen molar-refractivity contribution in [3.63, 3.8) is 0 Å². The van der Waals surface area contributed by atoms with E-state index in [0.29, 0.717) is 6.04 Å². The van der Waals surface area contributed by atoms with Crippen LogP contribution in [0.3, 0.4) is 0 Å². The summed E-state index contributed by atoms with van der Waals surface area (Å²) in [4.78, 5) is 4.08. The number of fused-ring (bicyclic) bond motifs is 2. The van der Waals surface area contributed by atoms with Crippen molar-refractivity contribution in [1.82, 2.24) is 10.2 Å². The van der Waals surface area contributed by atoms with E-state index >= 15 is 0 Å². The number of hydrogen-bond acceptors (Lipinski definition) is 3. The van der Waals surface area contributed by atoms with E-state index < -0.39 is 0 Å². The SMILES string of the molecule is C[C@@H](NC1CCN2CCC1C2)c1cccs1. The van der Waals surface area contributed by atoms with Gasteiger partial charge in [-0.3, -0.25) is 0 Å². The average Bonchev–Trinajstić information content (AvgIpc) is 2.93. The smallest absolute Gasteiger partial charge is 0.0388 e. The summed E-state index contributed by atoms with van der Waals surface area (Å²) in [6.45, 7) is 6.25. The molecule has 3 heterocycles. The van der Waals surface area contributed by atoms with Crippen molar-refractivity contribution >= 4 is 11.3 Å². The first-order chi connectivity index (χ1) is 7.83. The lowest BCUT2D eigenvalue weighted by Crippen LogP contribution is -2.44. The molecule has 3 unspecified atom stereocenters. The van der Waals surface area contributed by atoms with E-state index in [0.717, 1.165) is 12.0 Å². The topological polar surface area (TPSA) is 15.3 Å². The van der Waals surface area contributed by atoms with Crippen molar-refractivity contribution < 1.29 is 0 Å². The van der Waals surface area contributed by atoms with Crippen molar-refractivity contribution in [2.45, 2.75) is 31.8 Å². The van der Waals surface area contributed by atoms with Gasteiger partial charge in [0, 0.05) is 23.5 Å². The van der Waals surface area contributed by atoms with E-state index in [1.165, 1.54) is 37.4 Å². The zero-order valence-corrected chi connectivity index (χ0v) is 10.7. The number of nitrogens with one attached hydrogen (secondary N) is 1. The van der Waals surface area contributed by atoms with Crippen LogP contribution in [0, 0.1) is 5.92 Å². The quantitative estimate of drug-likeness (QED) is 0.867. The van der Waals surface area contributed by atoms with Crippen LogP contribution in [0.4, 0.5) is 0 Å². The molecule has 2 aliphatic rings. The lowest BCUT2D eigenvalue weighted by atomic mass is 9.93. The Morgan fingerprint density at radius 1 is 1.44 bits per heavy atom. The Kier molecular flexibility index (Phi) is 3.01. The minimum absolute atomic E-state index is 0.525. The fourth-order valence-corrected chi connectivity index (χ4v) is 3.86. The number of rotatable bonds is 3. The molecular weight excluding hydrogens is 216 g/mol. The van der Waals surface area contributed by atoms with E-state index in [2.05, 4.69) is 34.7 Å². The largest absolute Gasteiger partial charge is 0.306 e. The summed E-state index contributed by atoms with van der Waals surface area (Å²) in [5, 5.41) is 6.00. The van der Waals surface area contributed by atoms with Gasteiger partial charge < -0.3 is 10.2 Å². The van der Waals surface area contributed by atoms with Gasteiger partial charge >= 0.3 is 0 Å². The van der Waals surface area contributed by atoms with Gasteiger partial charge in [0.15, 0.2) is 0 Å². The molecule has 0 saturated carbocycles. The highest BCUT2D eigenvalue weighted by atomic mass is 32.1. The second-order valence-electron chi connectivity index (χ2n) is 5.15. The lowest BCUT2D eigenvalue weighted by Gasteiger charge is -2.33. The third-order valence-electron chi connectivity index (χ3n) is 4.07. The molecule has 2 saturated heterocycles. The van der Waals surface area contributed by atoms with E-state index in [1.54, 1.807) is 0 Å². The molecular formula is C13H20N2S. The molecule has 88 valence electrons. The number of nitrogens with zero attached hydrogens (tertiary/aromatic N) is 1. The van der Waals surface area contributed by atoms with Gasteiger partial charge in [-0.2, -0.15) is 0 Å². The first-order valence-electron chi connectivity index (χ1n) is 6.35. The Morgan fingerprint density at radius 2 is 2.31 bits per heavy atom. The van der Waals surface area contributed by atoms with Crippen molar-refractivity contribution in [2.75, 3.05) is 19.6 Å². The first-order valence-corrected chi connectivity index (χ1v) is 7.22. The van der Waals surface area contributed by atoms with Gasteiger partial charge in [-0.25, -0.2) is 0 Å². The fourth-order valence-electron chi connectivity index (χ4n) is 3.11. The van der Waals surface area contributed by atoms with Gasteiger partial charge in [0.05, 0.1) is 0 Å². The molecule has 0 aromatic carbocycles.